The average Bonchev–Trinajstić information content (AvgIpc) is 2.67. The van der Waals surface area contributed by atoms with Gasteiger partial charge in [-0.3, -0.25) is 4.79 Å². The third-order valence-corrected chi connectivity index (χ3v) is 6.32. The van der Waals surface area contributed by atoms with Gasteiger partial charge in [0.2, 0.25) is 5.91 Å². The largest absolute Gasteiger partial charge is 0.349 e. The molecule has 1 saturated heterocycles. The van der Waals surface area contributed by atoms with Crippen LogP contribution in [0.15, 0.2) is 42.5 Å². The van der Waals surface area contributed by atoms with E-state index in [2.05, 4.69) is 10.6 Å². The Hall–Kier alpha value is -1.62. The van der Waals surface area contributed by atoms with Crippen molar-refractivity contribution in [1.29, 1.82) is 0 Å². The topological polar surface area (TPSA) is 41.1 Å². The average molecular weight is 423 g/mol. The number of hydrogen-bond acceptors (Lipinski definition) is 2. The van der Waals surface area contributed by atoms with E-state index in [-0.39, 0.29) is 29.1 Å². The van der Waals surface area contributed by atoms with E-state index < -0.39 is 0 Å². The molecule has 150 valence electrons. The summed E-state index contributed by atoms with van der Waals surface area (Å²) >= 11 is 12.2. The van der Waals surface area contributed by atoms with E-state index in [0.717, 1.165) is 37.1 Å². The van der Waals surface area contributed by atoms with E-state index >= 15 is 0 Å². The second-order valence-corrected chi connectivity index (χ2v) is 8.44. The first kappa shape index (κ1) is 21.1. The molecule has 0 radical (unpaired) electrons. The van der Waals surface area contributed by atoms with Crippen molar-refractivity contribution in [3.05, 3.63) is 69.5 Å². The quantitative estimate of drug-likeness (QED) is 0.688. The van der Waals surface area contributed by atoms with Gasteiger partial charge in [0.05, 0.1) is 6.04 Å². The number of amides is 1. The number of nitrogens with one attached hydrogen (secondary N) is 2. The molecule has 2 atom stereocenters. The van der Waals surface area contributed by atoms with Crippen LogP contribution < -0.4 is 10.6 Å². The Balaban J connectivity index is 1.83. The van der Waals surface area contributed by atoms with Crippen LogP contribution in [0.1, 0.15) is 43.9 Å². The van der Waals surface area contributed by atoms with Crippen molar-refractivity contribution in [2.75, 3.05) is 13.1 Å². The van der Waals surface area contributed by atoms with Gasteiger partial charge in [-0.1, -0.05) is 42.3 Å². The van der Waals surface area contributed by atoms with Gasteiger partial charge < -0.3 is 10.6 Å². The molecular formula is C22H25Cl2FN2O. The number of halogens is 3. The maximum atomic E-state index is 13.5. The summed E-state index contributed by atoms with van der Waals surface area (Å²) in [5.41, 5.74) is 1.55. The maximum Gasteiger partial charge on any atom is 0.224 e. The normalized spacial score (nSPS) is 18.3. The molecule has 2 unspecified atom stereocenters. The first-order chi connectivity index (χ1) is 13.3. The first-order valence-corrected chi connectivity index (χ1v) is 10.3. The molecule has 3 nitrogen and oxygen atoms in total. The summed E-state index contributed by atoms with van der Waals surface area (Å²) in [5.74, 6) is -0.566. The minimum Gasteiger partial charge on any atom is -0.349 e. The van der Waals surface area contributed by atoms with Gasteiger partial charge in [0.1, 0.15) is 5.82 Å². The highest BCUT2D eigenvalue weighted by molar-refractivity contribution is 6.34. The standard InChI is InChI=1S/C22H25Cl2FN2O/c1-14(21(28)27-15(2)16-11-18(23)13-19(24)12-16)22(7-9-26-10-8-22)17-3-5-20(25)6-4-17/h3-6,11-15,26H,7-10H2,1-2H3,(H,27,28). The molecule has 28 heavy (non-hydrogen) atoms. The number of rotatable bonds is 5. The number of carbonyl (C=O) groups is 1. The molecule has 2 aromatic rings. The molecule has 0 aromatic heterocycles. The lowest BCUT2D eigenvalue weighted by Crippen LogP contribution is -2.49. The van der Waals surface area contributed by atoms with Gasteiger partial charge in [-0.05, 0) is 74.3 Å². The van der Waals surface area contributed by atoms with Crippen LogP contribution in [0.25, 0.3) is 0 Å². The summed E-state index contributed by atoms with van der Waals surface area (Å²) in [4.78, 5) is 13.2. The van der Waals surface area contributed by atoms with Crippen LogP contribution in [0, 0.1) is 11.7 Å². The molecule has 0 aliphatic carbocycles. The Bertz CT molecular complexity index is 815. The van der Waals surface area contributed by atoms with Gasteiger partial charge in [0.15, 0.2) is 0 Å². The number of hydrogen-bond donors (Lipinski definition) is 2. The van der Waals surface area contributed by atoms with Crippen molar-refractivity contribution in [1.82, 2.24) is 10.6 Å². The lowest BCUT2D eigenvalue weighted by Gasteiger charge is -2.42. The van der Waals surface area contributed by atoms with E-state index in [1.54, 1.807) is 6.07 Å². The van der Waals surface area contributed by atoms with E-state index in [4.69, 9.17) is 23.2 Å². The minimum atomic E-state index is -0.325. The molecule has 2 N–H and O–H groups in total. The Morgan fingerprint density at radius 1 is 1.07 bits per heavy atom. The van der Waals surface area contributed by atoms with E-state index in [1.165, 1.54) is 12.1 Å². The molecule has 0 bridgehead atoms. The number of carbonyl (C=O) groups excluding carboxylic acids is 1. The van der Waals surface area contributed by atoms with Gasteiger partial charge in [0.25, 0.3) is 0 Å². The number of piperidine rings is 1. The van der Waals surface area contributed by atoms with Gasteiger partial charge >= 0.3 is 0 Å². The SMILES string of the molecule is CC(NC(=O)C(C)C1(c2ccc(F)cc2)CCNCC1)c1cc(Cl)cc(Cl)c1. The third-order valence-electron chi connectivity index (χ3n) is 5.88. The van der Waals surface area contributed by atoms with Crippen molar-refractivity contribution in [3.8, 4) is 0 Å². The highest BCUT2D eigenvalue weighted by atomic mass is 35.5. The maximum absolute atomic E-state index is 13.5. The molecule has 2 aromatic carbocycles. The van der Waals surface area contributed by atoms with Crippen molar-refractivity contribution < 1.29 is 9.18 Å². The fraction of sp³-hybridized carbons (Fsp3) is 0.409. The molecule has 1 fully saturated rings. The lowest BCUT2D eigenvalue weighted by molar-refractivity contribution is -0.127. The van der Waals surface area contributed by atoms with Crippen LogP contribution in [0.4, 0.5) is 4.39 Å². The van der Waals surface area contributed by atoms with Crippen LogP contribution in [0.5, 0.6) is 0 Å². The summed E-state index contributed by atoms with van der Waals surface area (Å²) in [6.45, 7) is 5.53. The molecule has 1 aliphatic heterocycles. The lowest BCUT2D eigenvalue weighted by atomic mass is 9.65. The van der Waals surface area contributed by atoms with Crippen molar-refractivity contribution >= 4 is 29.1 Å². The highest BCUT2D eigenvalue weighted by Gasteiger charge is 2.42. The predicted molar refractivity (Wildman–Crippen MR) is 112 cm³/mol. The molecule has 0 saturated carbocycles. The minimum absolute atomic E-state index is 0.0326. The van der Waals surface area contributed by atoms with Crippen LogP contribution in [0.3, 0.4) is 0 Å². The molecule has 0 spiro atoms. The Morgan fingerprint density at radius 3 is 2.21 bits per heavy atom. The van der Waals surface area contributed by atoms with E-state index in [1.807, 2.05) is 38.1 Å². The predicted octanol–water partition coefficient (Wildman–Crippen LogP) is 5.27. The molecule has 1 amide bonds. The van der Waals surface area contributed by atoms with Gasteiger partial charge in [0, 0.05) is 21.4 Å². The van der Waals surface area contributed by atoms with E-state index in [9.17, 15) is 9.18 Å². The van der Waals surface area contributed by atoms with Gasteiger partial charge in [-0.2, -0.15) is 0 Å². The highest BCUT2D eigenvalue weighted by Crippen LogP contribution is 2.41. The van der Waals surface area contributed by atoms with Crippen molar-refractivity contribution in [3.63, 3.8) is 0 Å². The zero-order valence-electron chi connectivity index (χ0n) is 16.1. The summed E-state index contributed by atoms with van der Waals surface area (Å²) in [5, 5.41) is 7.54. The number of benzene rings is 2. The summed E-state index contributed by atoms with van der Waals surface area (Å²) in [7, 11) is 0. The second-order valence-electron chi connectivity index (χ2n) is 7.57. The summed E-state index contributed by atoms with van der Waals surface area (Å²) in [6.07, 6.45) is 1.65. The Kier molecular flexibility index (Phi) is 6.64. The van der Waals surface area contributed by atoms with E-state index in [0.29, 0.717) is 10.0 Å². The monoisotopic (exact) mass is 422 g/mol. The molecule has 1 heterocycles. The zero-order chi connectivity index (χ0) is 20.3. The smallest absolute Gasteiger partial charge is 0.224 e. The molecule has 6 heteroatoms. The van der Waals surface area contributed by atoms with Crippen LogP contribution in [0.2, 0.25) is 10.0 Å². The molecular weight excluding hydrogens is 398 g/mol. The second kappa shape index (κ2) is 8.81. The van der Waals surface area contributed by atoms with Crippen molar-refractivity contribution in [2.45, 2.75) is 38.1 Å². The van der Waals surface area contributed by atoms with Crippen LogP contribution in [-0.2, 0) is 10.2 Å². The molecule has 1 aliphatic rings. The summed E-state index contributed by atoms with van der Waals surface area (Å²) in [6, 6.07) is 11.6. The summed E-state index contributed by atoms with van der Waals surface area (Å²) < 4.78 is 13.5. The first-order valence-electron chi connectivity index (χ1n) is 9.55. The van der Waals surface area contributed by atoms with Crippen molar-refractivity contribution in [2.24, 2.45) is 5.92 Å². The van der Waals surface area contributed by atoms with Crippen LogP contribution in [-0.4, -0.2) is 19.0 Å². The van der Waals surface area contributed by atoms with Crippen LogP contribution >= 0.6 is 23.2 Å². The fourth-order valence-electron chi connectivity index (χ4n) is 4.12. The van der Waals surface area contributed by atoms with Gasteiger partial charge in [-0.25, -0.2) is 4.39 Å². The Labute approximate surface area is 175 Å². The van der Waals surface area contributed by atoms with Gasteiger partial charge in [-0.15, -0.1) is 0 Å². The Morgan fingerprint density at radius 2 is 1.64 bits per heavy atom. The fourth-order valence-corrected chi connectivity index (χ4v) is 4.67. The zero-order valence-corrected chi connectivity index (χ0v) is 17.6. The third kappa shape index (κ3) is 4.51. The molecule has 3 rings (SSSR count).